The molecule has 1 heterocycles. The average molecular weight is 325 g/mol. The fourth-order valence-corrected chi connectivity index (χ4v) is 2.52. The maximum absolute atomic E-state index is 12.3. The summed E-state index contributed by atoms with van der Waals surface area (Å²) in [4.78, 5) is 26.0. The van der Waals surface area contributed by atoms with Gasteiger partial charge in [-0.25, -0.2) is 0 Å². The number of carbonyl (C=O) groups is 2. The number of rotatable bonds is 5. The van der Waals surface area contributed by atoms with E-state index in [2.05, 4.69) is 5.32 Å². The number of aliphatic hydroxyl groups excluding tert-OH is 1. The third kappa shape index (κ3) is 3.78. The fourth-order valence-electron chi connectivity index (χ4n) is 2.40. The van der Waals surface area contributed by atoms with Crippen molar-refractivity contribution in [2.24, 2.45) is 11.8 Å². The molecule has 0 bridgehead atoms. The van der Waals surface area contributed by atoms with E-state index >= 15 is 0 Å². The number of halogens is 1. The molecular weight excluding hydrogens is 304 g/mol. The quantitative estimate of drug-likeness (QED) is 0.868. The molecule has 0 aromatic heterocycles. The molecule has 1 aliphatic rings. The minimum Gasteiger partial charge on any atom is -0.396 e. The normalized spacial score (nSPS) is 20.8. The van der Waals surface area contributed by atoms with E-state index in [0.29, 0.717) is 11.6 Å². The van der Waals surface area contributed by atoms with Gasteiger partial charge in [0.25, 0.3) is 0 Å². The molecule has 1 aliphatic heterocycles. The minimum atomic E-state index is -0.364. The maximum atomic E-state index is 12.3. The molecule has 0 radical (unpaired) electrons. The number of anilines is 1. The summed E-state index contributed by atoms with van der Waals surface area (Å²) in [6.07, 6.45) is 0.203. The number of hydrogen-bond donors (Lipinski definition) is 2. The molecule has 22 heavy (non-hydrogen) atoms. The highest BCUT2D eigenvalue weighted by Gasteiger charge is 2.35. The Kier molecular flexibility index (Phi) is 5.42. The molecule has 0 saturated carbocycles. The lowest BCUT2D eigenvalue weighted by Crippen LogP contribution is -2.42. The SMILES string of the molecule is CC(CO)C(C)NC(=O)C1CC(=O)N(c2ccc(Cl)cc2)C1. The molecule has 0 spiro atoms. The topological polar surface area (TPSA) is 69.6 Å². The zero-order valence-electron chi connectivity index (χ0n) is 12.8. The van der Waals surface area contributed by atoms with Gasteiger partial charge in [-0.15, -0.1) is 0 Å². The molecule has 1 fully saturated rings. The third-order valence-corrected chi connectivity index (χ3v) is 4.40. The van der Waals surface area contributed by atoms with Crippen molar-refractivity contribution in [1.82, 2.24) is 5.32 Å². The van der Waals surface area contributed by atoms with Crippen LogP contribution in [0.4, 0.5) is 5.69 Å². The van der Waals surface area contributed by atoms with E-state index in [9.17, 15) is 9.59 Å². The molecule has 2 N–H and O–H groups in total. The Balaban J connectivity index is 1.99. The van der Waals surface area contributed by atoms with E-state index < -0.39 is 0 Å². The minimum absolute atomic E-state index is 0.0158. The zero-order chi connectivity index (χ0) is 16.3. The highest BCUT2D eigenvalue weighted by atomic mass is 35.5. The average Bonchev–Trinajstić information content (AvgIpc) is 2.89. The van der Waals surface area contributed by atoms with Gasteiger partial charge in [0.05, 0.1) is 5.92 Å². The molecule has 1 saturated heterocycles. The first-order chi connectivity index (χ1) is 10.4. The summed E-state index contributed by atoms with van der Waals surface area (Å²) in [6, 6.07) is 6.87. The highest BCUT2D eigenvalue weighted by Crippen LogP contribution is 2.26. The van der Waals surface area contributed by atoms with Crippen LogP contribution in [0.1, 0.15) is 20.3 Å². The Labute approximate surface area is 135 Å². The summed E-state index contributed by atoms with van der Waals surface area (Å²) < 4.78 is 0. The summed E-state index contributed by atoms with van der Waals surface area (Å²) in [6.45, 7) is 4.10. The van der Waals surface area contributed by atoms with Crippen molar-refractivity contribution in [3.05, 3.63) is 29.3 Å². The molecular formula is C16H21ClN2O3. The smallest absolute Gasteiger partial charge is 0.227 e. The second kappa shape index (κ2) is 7.11. The fraction of sp³-hybridized carbons (Fsp3) is 0.500. The predicted molar refractivity (Wildman–Crippen MR) is 85.8 cm³/mol. The molecule has 0 aliphatic carbocycles. The van der Waals surface area contributed by atoms with Crippen molar-refractivity contribution in [3.63, 3.8) is 0 Å². The van der Waals surface area contributed by atoms with Crippen LogP contribution in [0.15, 0.2) is 24.3 Å². The first-order valence-electron chi connectivity index (χ1n) is 7.39. The van der Waals surface area contributed by atoms with Gasteiger partial charge in [-0.05, 0) is 37.1 Å². The Morgan fingerprint density at radius 3 is 2.64 bits per heavy atom. The monoisotopic (exact) mass is 324 g/mol. The van der Waals surface area contributed by atoms with Gasteiger partial charge in [-0.1, -0.05) is 18.5 Å². The van der Waals surface area contributed by atoms with Crippen LogP contribution < -0.4 is 10.2 Å². The lowest BCUT2D eigenvalue weighted by molar-refractivity contribution is -0.127. The molecule has 3 unspecified atom stereocenters. The number of hydrogen-bond acceptors (Lipinski definition) is 3. The molecule has 2 rings (SSSR count). The summed E-state index contributed by atoms with van der Waals surface area (Å²) >= 11 is 5.85. The van der Waals surface area contributed by atoms with Gasteiger partial charge >= 0.3 is 0 Å². The van der Waals surface area contributed by atoms with Crippen molar-refractivity contribution in [1.29, 1.82) is 0 Å². The van der Waals surface area contributed by atoms with Gasteiger partial charge in [-0.3, -0.25) is 9.59 Å². The predicted octanol–water partition coefficient (Wildman–Crippen LogP) is 1.83. The first-order valence-corrected chi connectivity index (χ1v) is 7.77. The van der Waals surface area contributed by atoms with Crippen molar-refractivity contribution < 1.29 is 14.7 Å². The molecule has 5 nitrogen and oxygen atoms in total. The highest BCUT2D eigenvalue weighted by molar-refractivity contribution is 6.30. The number of nitrogens with zero attached hydrogens (tertiary/aromatic N) is 1. The van der Waals surface area contributed by atoms with Crippen molar-refractivity contribution in [2.45, 2.75) is 26.3 Å². The van der Waals surface area contributed by atoms with Crippen LogP contribution in [-0.2, 0) is 9.59 Å². The van der Waals surface area contributed by atoms with E-state index in [1.807, 2.05) is 13.8 Å². The maximum Gasteiger partial charge on any atom is 0.227 e. The van der Waals surface area contributed by atoms with Crippen LogP contribution in [0.2, 0.25) is 5.02 Å². The van der Waals surface area contributed by atoms with Crippen molar-refractivity contribution >= 4 is 29.1 Å². The zero-order valence-corrected chi connectivity index (χ0v) is 13.5. The van der Waals surface area contributed by atoms with E-state index in [-0.39, 0.29) is 42.7 Å². The lowest BCUT2D eigenvalue weighted by atomic mass is 10.0. The molecule has 1 aromatic carbocycles. The van der Waals surface area contributed by atoms with Crippen LogP contribution >= 0.6 is 11.6 Å². The molecule has 120 valence electrons. The Bertz CT molecular complexity index is 547. The van der Waals surface area contributed by atoms with Gasteiger partial charge in [0.2, 0.25) is 11.8 Å². The number of amides is 2. The van der Waals surface area contributed by atoms with E-state index in [0.717, 1.165) is 5.69 Å². The lowest BCUT2D eigenvalue weighted by Gasteiger charge is -2.21. The summed E-state index contributed by atoms with van der Waals surface area (Å²) in [5.41, 5.74) is 0.751. The van der Waals surface area contributed by atoms with Gasteiger partial charge in [0.1, 0.15) is 0 Å². The Morgan fingerprint density at radius 2 is 2.05 bits per heavy atom. The molecule has 2 amide bonds. The summed E-state index contributed by atoms with van der Waals surface area (Å²) in [5.74, 6) is -0.590. The van der Waals surface area contributed by atoms with Crippen LogP contribution in [0.3, 0.4) is 0 Å². The molecule has 6 heteroatoms. The standard InChI is InChI=1S/C16H21ClN2O3/c1-10(9-20)11(2)18-16(22)12-7-15(21)19(8-12)14-5-3-13(17)4-6-14/h3-6,10-12,20H,7-9H2,1-2H3,(H,18,22). The van der Waals surface area contributed by atoms with Gasteiger partial charge < -0.3 is 15.3 Å². The summed E-state index contributed by atoms with van der Waals surface area (Å²) in [7, 11) is 0. The van der Waals surface area contributed by atoms with Crippen LogP contribution in [0.5, 0.6) is 0 Å². The van der Waals surface area contributed by atoms with Gasteiger partial charge in [0, 0.05) is 36.3 Å². The van der Waals surface area contributed by atoms with Crippen LogP contribution in [-0.4, -0.2) is 36.1 Å². The van der Waals surface area contributed by atoms with Gasteiger partial charge in [-0.2, -0.15) is 0 Å². The molecule has 1 aromatic rings. The van der Waals surface area contributed by atoms with Crippen molar-refractivity contribution in [2.75, 3.05) is 18.1 Å². The Morgan fingerprint density at radius 1 is 1.41 bits per heavy atom. The van der Waals surface area contributed by atoms with E-state index in [4.69, 9.17) is 16.7 Å². The summed E-state index contributed by atoms with van der Waals surface area (Å²) in [5, 5.41) is 12.6. The number of benzene rings is 1. The van der Waals surface area contributed by atoms with E-state index in [1.54, 1.807) is 29.2 Å². The first kappa shape index (κ1) is 16.8. The second-order valence-electron chi connectivity index (χ2n) is 5.84. The van der Waals surface area contributed by atoms with Crippen LogP contribution in [0, 0.1) is 11.8 Å². The van der Waals surface area contributed by atoms with Crippen molar-refractivity contribution in [3.8, 4) is 0 Å². The number of carbonyl (C=O) groups excluding carboxylic acids is 2. The molecule has 3 atom stereocenters. The van der Waals surface area contributed by atoms with Crippen LogP contribution in [0.25, 0.3) is 0 Å². The Hall–Kier alpha value is -1.59. The van der Waals surface area contributed by atoms with E-state index in [1.165, 1.54) is 0 Å². The largest absolute Gasteiger partial charge is 0.396 e. The number of nitrogens with one attached hydrogen (secondary N) is 1. The van der Waals surface area contributed by atoms with Gasteiger partial charge in [0.15, 0.2) is 0 Å². The number of aliphatic hydroxyl groups is 1. The third-order valence-electron chi connectivity index (χ3n) is 4.15. The second-order valence-corrected chi connectivity index (χ2v) is 6.28.